The first-order valence-electron chi connectivity index (χ1n) is 8.28. The van der Waals surface area contributed by atoms with Crippen LogP contribution in [0.3, 0.4) is 0 Å². The van der Waals surface area contributed by atoms with Crippen molar-refractivity contribution in [3.63, 3.8) is 0 Å². The molecule has 2 heterocycles. The molecule has 0 radical (unpaired) electrons. The maximum absolute atomic E-state index is 13.6. The Morgan fingerprint density at radius 2 is 1.93 bits per heavy atom. The molecule has 0 spiro atoms. The molecule has 2 aliphatic heterocycles. The van der Waals surface area contributed by atoms with Crippen molar-refractivity contribution in [3.05, 3.63) is 81.9 Å². The molecule has 27 heavy (non-hydrogen) atoms. The number of amides is 1. The molecule has 2 aromatic rings. The number of carbonyl (C=O) groups is 1. The van der Waals surface area contributed by atoms with E-state index in [0.29, 0.717) is 21.7 Å². The minimum Gasteiger partial charge on any atom is -0.366 e. The van der Waals surface area contributed by atoms with E-state index in [1.807, 2.05) is 0 Å². The fourth-order valence-corrected chi connectivity index (χ4v) is 4.92. The van der Waals surface area contributed by atoms with Crippen molar-refractivity contribution >= 4 is 17.7 Å². The summed E-state index contributed by atoms with van der Waals surface area (Å²) in [6, 6.07) is 13.3. The van der Waals surface area contributed by atoms with Gasteiger partial charge in [0.15, 0.2) is 5.72 Å². The largest absolute Gasteiger partial charge is 0.366 e. The summed E-state index contributed by atoms with van der Waals surface area (Å²) in [6.45, 7) is 0. The van der Waals surface area contributed by atoms with Gasteiger partial charge in [-0.05, 0) is 29.8 Å². The number of carbonyl (C=O) groups excluding carboxylic acids is 1. The number of rotatable bonds is 2. The number of hydrogen-bond acceptors (Lipinski definition) is 4. The molecule has 0 aromatic heterocycles. The molecule has 4 nitrogen and oxygen atoms in total. The fourth-order valence-electron chi connectivity index (χ4n) is 3.56. The van der Waals surface area contributed by atoms with E-state index in [0.717, 1.165) is 0 Å². The molecule has 4 rings (SSSR count). The Morgan fingerprint density at radius 3 is 2.59 bits per heavy atom. The Bertz CT molecular complexity index is 1000. The van der Waals surface area contributed by atoms with Crippen LogP contribution in [0.15, 0.2) is 59.1 Å². The van der Waals surface area contributed by atoms with Gasteiger partial charge in [0.25, 0.3) is 0 Å². The molecule has 1 fully saturated rings. The molecule has 2 atom stereocenters. The standard InChI is InChI=1S/C20H14F2N2O2S/c21-14-6-4-13(5-7-14)20(26)11-27-19-17(10-23)16(9-18(25)24(19)20)12-2-1-3-15(22)8-12/h1-8,16,26H,9,11H2/t16-,20+/m1/s1. The van der Waals surface area contributed by atoms with Crippen molar-refractivity contribution in [1.82, 2.24) is 4.90 Å². The van der Waals surface area contributed by atoms with Gasteiger partial charge in [0, 0.05) is 17.9 Å². The van der Waals surface area contributed by atoms with Crippen LogP contribution >= 0.6 is 11.8 Å². The van der Waals surface area contributed by atoms with Gasteiger partial charge in [-0.25, -0.2) is 8.78 Å². The minimum absolute atomic E-state index is 0.0556. The summed E-state index contributed by atoms with van der Waals surface area (Å²) in [5.41, 5.74) is -0.408. The quantitative estimate of drug-likeness (QED) is 0.859. The van der Waals surface area contributed by atoms with Crippen molar-refractivity contribution < 1.29 is 18.7 Å². The van der Waals surface area contributed by atoms with Gasteiger partial charge >= 0.3 is 0 Å². The van der Waals surface area contributed by atoms with Gasteiger partial charge in [0.1, 0.15) is 11.6 Å². The molecule has 1 saturated heterocycles. The Balaban J connectivity index is 1.81. The number of thioether (sulfide) groups is 1. The Hall–Kier alpha value is -2.69. The Kier molecular flexibility index (Phi) is 4.25. The molecule has 0 saturated carbocycles. The zero-order valence-electron chi connectivity index (χ0n) is 14.0. The van der Waals surface area contributed by atoms with Gasteiger partial charge in [-0.1, -0.05) is 24.3 Å². The third-order valence-corrected chi connectivity index (χ3v) is 6.09. The third-order valence-electron chi connectivity index (χ3n) is 4.87. The Morgan fingerprint density at radius 1 is 1.19 bits per heavy atom. The molecule has 2 aliphatic rings. The van der Waals surface area contributed by atoms with Gasteiger partial charge in [-0.2, -0.15) is 5.26 Å². The highest BCUT2D eigenvalue weighted by molar-refractivity contribution is 8.03. The first-order valence-corrected chi connectivity index (χ1v) is 9.26. The van der Waals surface area contributed by atoms with E-state index >= 15 is 0 Å². The molecule has 136 valence electrons. The molecular weight excluding hydrogens is 370 g/mol. The lowest BCUT2D eigenvalue weighted by Crippen LogP contribution is -2.48. The van der Waals surface area contributed by atoms with E-state index < -0.39 is 23.3 Å². The molecular formula is C20H14F2N2O2S. The van der Waals surface area contributed by atoms with Crippen molar-refractivity contribution in [1.29, 1.82) is 5.26 Å². The summed E-state index contributed by atoms with van der Waals surface area (Å²) in [5, 5.41) is 21.3. The minimum atomic E-state index is -1.65. The number of nitrogens with zero attached hydrogens (tertiary/aromatic N) is 2. The van der Waals surface area contributed by atoms with Gasteiger partial charge in [-0.3, -0.25) is 9.69 Å². The summed E-state index contributed by atoms with van der Waals surface area (Å²) in [5.74, 6) is -1.69. The van der Waals surface area contributed by atoms with Crippen molar-refractivity contribution in [2.45, 2.75) is 18.1 Å². The zero-order chi connectivity index (χ0) is 19.2. The summed E-state index contributed by atoms with van der Waals surface area (Å²) in [7, 11) is 0. The van der Waals surface area contributed by atoms with Crippen LogP contribution in [0.4, 0.5) is 8.78 Å². The number of halogens is 2. The number of fused-ring (bicyclic) bond motifs is 1. The highest BCUT2D eigenvalue weighted by atomic mass is 32.2. The van der Waals surface area contributed by atoms with Crippen LogP contribution in [0.25, 0.3) is 0 Å². The number of benzene rings is 2. The van der Waals surface area contributed by atoms with Crippen molar-refractivity contribution in [3.8, 4) is 6.07 Å². The highest BCUT2D eigenvalue weighted by Gasteiger charge is 2.51. The second-order valence-electron chi connectivity index (χ2n) is 6.48. The molecule has 0 aliphatic carbocycles. The van der Waals surface area contributed by atoms with Gasteiger partial charge in [0.05, 0.1) is 22.4 Å². The molecule has 2 aromatic carbocycles. The lowest BCUT2D eigenvalue weighted by Gasteiger charge is -2.38. The first-order chi connectivity index (χ1) is 12.9. The normalized spacial score (nSPS) is 24.7. The van der Waals surface area contributed by atoms with Gasteiger partial charge < -0.3 is 5.11 Å². The van der Waals surface area contributed by atoms with E-state index in [1.165, 1.54) is 59.1 Å². The summed E-state index contributed by atoms with van der Waals surface area (Å²) in [6.07, 6.45) is -0.0556. The predicted molar refractivity (Wildman–Crippen MR) is 96.0 cm³/mol. The molecule has 1 amide bonds. The van der Waals surface area contributed by atoms with Crippen molar-refractivity contribution in [2.75, 3.05) is 5.75 Å². The SMILES string of the molecule is N#CC1=C2SC[C@](O)(c3ccc(F)cc3)N2C(=O)C[C@@H]1c1cccc(F)c1. The first kappa shape index (κ1) is 17.7. The monoisotopic (exact) mass is 384 g/mol. The fraction of sp³-hybridized carbons (Fsp3) is 0.200. The summed E-state index contributed by atoms with van der Waals surface area (Å²) < 4.78 is 26.9. The molecule has 1 N–H and O–H groups in total. The van der Waals surface area contributed by atoms with Crippen molar-refractivity contribution in [2.24, 2.45) is 0 Å². The lowest BCUT2D eigenvalue weighted by atomic mass is 9.85. The average molecular weight is 384 g/mol. The molecule has 0 unspecified atom stereocenters. The maximum atomic E-state index is 13.6. The topological polar surface area (TPSA) is 64.3 Å². The number of allylic oxidation sites excluding steroid dienone is 1. The van der Waals surface area contributed by atoms with Crippen LogP contribution in [0.1, 0.15) is 23.5 Å². The van der Waals surface area contributed by atoms with E-state index in [1.54, 1.807) is 6.07 Å². The van der Waals surface area contributed by atoms with E-state index in [2.05, 4.69) is 6.07 Å². The van der Waals surface area contributed by atoms with Crippen LogP contribution in [-0.2, 0) is 10.5 Å². The summed E-state index contributed by atoms with van der Waals surface area (Å²) in [4.78, 5) is 14.1. The maximum Gasteiger partial charge on any atom is 0.231 e. The highest BCUT2D eigenvalue weighted by Crippen LogP contribution is 2.51. The van der Waals surface area contributed by atoms with Gasteiger partial charge in [-0.15, -0.1) is 11.8 Å². The second-order valence-corrected chi connectivity index (χ2v) is 7.45. The van der Waals surface area contributed by atoms with Crippen LogP contribution in [-0.4, -0.2) is 21.7 Å². The molecule has 0 bridgehead atoms. The number of hydrogen-bond donors (Lipinski definition) is 1. The van der Waals surface area contributed by atoms with Gasteiger partial charge in [0.2, 0.25) is 5.91 Å². The lowest BCUT2D eigenvalue weighted by molar-refractivity contribution is -0.149. The third kappa shape index (κ3) is 2.82. The van der Waals surface area contributed by atoms with E-state index in [-0.39, 0.29) is 18.1 Å². The average Bonchev–Trinajstić information content (AvgIpc) is 3.01. The Labute approximate surface area is 158 Å². The van der Waals surface area contributed by atoms with E-state index in [9.17, 15) is 23.9 Å². The van der Waals surface area contributed by atoms with Crippen LogP contribution in [0.2, 0.25) is 0 Å². The smallest absolute Gasteiger partial charge is 0.231 e. The number of nitriles is 1. The van der Waals surface area contributed by atoms with Crippen LogP contribution in [0, 0.1) is 23.0 Å². The second kappa shape index (κ2) is 6.48. The molecule has 7 heteroatoms. The zero-order valence-corrected chi connectivity index (χ0v) is 14.8. The van der Waals surface area contributed by atoms with E-state index in [4.69, 9.17) is 0 Å². The van der Waals surface area contributed by atoms with Crippen LogP contribution in [0.5, 0.6) is 0 Å². The number of aliphatic hydroxyl groups is 1. The van der Waals surface area contributed by atoms with Crippen LogP contribution < -0.4 is 0 Å². The predicted octanol–water partition coefficient (Wildman–Crippen LogP) is 3.61. The summed E-state index contributed by atoms with van der Waals surface area (Å²) >= 11 is 1.20.